The maximum Gasteiger partial charge on any atom is 0.337 e. The number of esters is 1. The van der Waals surface area contributed by atoms with Crippen molar-refractivity contribution in [3.63, 3.8) is 0 Å². The monoisotopic (exact) mass is 261 g/mol. The van der Waals surface area contributed by atoms with Gasteiger partial charge in [-0.1, -0.05) is 17.7 Å². The molecule has 18 heavy (non-hydrogen) atoms. The van der Waals surface area contributed by atoms with Crippen LogP contribution in [0.5, 0.6) is 0 Å². The molecule has 2 rings (SSSR count). The number of ether oxygens (including phenoxy) is 1. The highest BCUT2D eigenvalue weighted by Crippen LogP contribution is 2.30. The van der Waals surface area contributed by atoms with Crippen LogP contribution in [0.4, 0.5) is 0 Å². The number of halogens is 1. The molecular formula is C14H12ClNO2. The smallest absolute Gasteiger partial charge is 0.337 e. The summed E-state index contributed by atoms with van der Waals surface area (Å²) in [4.78, 5) is 15.7. The summed E-state index contributed by atoms with van der Waals surface area (Å²) in [7, 11) is 1.35. The summed E-state index contributed by atoms with van der Waals surface area (Å²) in [5.41, 5.74) is 3.03. The lowest BCUT2D eigenvalue weighted by Crippen LogP contribution is -2.01. The van der Waals surface area contributed by atoms with E-state index >= 15 is 0 Å². The molecule has 92 valence electrons. The highest BCUT2D eigenvalue weighted by Gasteiger charge is 2.11. The van der Waals surface area contributed by atoms with Gasteiger partial charge in [-0.25, -0.2) is 4.79 Å². The van der Waals surface area contributed by atoms with Crippen LogP contribution in [0.25, 0.3) is 11.1 Å². The summed E-state index contributed by atoms with van der Waals surface area (Å²) in [6.45, 7) is 1.90. The molecule has 0 radical (unpaired) electrons. The fourth-order valence-electron chi connectivity index (χ4n) is 1.75. The van der Waals surface area contributed by atoms with E-state index < -0.39 is 0 Å². The Morgan fingerprint density at radius 2 is 2.06 bits per heavy atom. The van der Waals surface area contributed by atoms with Gasteiger partial charge < -0.3 is 4.74 Å². The zero-order valence-corrected chi connectivity index (χ0v) is 10.9. The Hall–Kier alpha value is -1.87. The van der Waals surface area contributed by atoms with E-state index in [1.165, 1.54) is 7.11 Å². The Labute approximate surface area is 110 Å². The number of pyridine rings is 1. The van der Waals surface area contributed by atoms with Crippen molar-refractivity contribution in [2.45, 2.75) is 6.92 Å². The zero-order chi connectivity index (χ0) is 13.1. The molecule has 0 fully saturated rings. The Morgan fingerprint density at radius 3 is 2.72 bits per heavy atom. The molecule has 0 N–H and O–H groups in total. The van der Waals surface area contributed by atoms with E-state index in [-0.39, 0.29) is 5.97 Å². The first kappa shape index (κ1) is 12.6. The summed E-state index contributed by atoms with van der Waals surface area (Å²) >= 11 is 6.17. The highest BCUT2D eigenvalue weighted by molar-refractivity contribution is 6.33. The van der Waals surface area contributed by atoms with Gasteiger partial charge in [0.05, 0.1) is 12.7 Å². The molecule has 1 aromatic heterocycles. The molecule has 0 saturated carbocycles. The van der Waals surface area contributed by atoms with Gasteiger partial charge in [0.2, 0.25) is 0 Å². The van der Waals surface area contributed by atoms with Gasteiger partial charge >= 0.3 is 5.97 Å². The van der Waals surface area contributed by atoms with Crippen molar-refractivity contribution in [1.29, 1.82) is 0 Å². The number of methoxy groups -OCH3 is 1. The van der Waals surface area contributed by atoms with E-state index in [2.05, 4.69) is 4.98 Å². The topological polar surface area (TPSA) is 39.2 Å². The second-order valence-electron chi connectivity index (χ2n) is 3.82. The molecule has 1 heterocycles. The van der Waals surface area contributed by atoms with Crippen LogP contribution in [-0.2, 0) is 4.74 Å². The molecule has 1 aromatic carbocycles. The summed E-state index contributed by atoms with van der Waals surface area (Å²) in [6, 6.07) is 8.81. The first-order valence-electron chi connectivity index (χ1n) is 5.43. The van der Waals surface area contributed by atoms with Crippen molar-refractivity contribution in [3.8, 4) is 11.1 Å². The molecule has 0 amide bonds. The molecule has 4 heteroatoms. The molecule has 0 aliphatic heterocycles. The molecule has 0 aliphatic rings. The quantitative estimate of drug-likeness (QED) is 0.777. The van der Waals surface area contributed by atoms with Crippen molar-refractivity contribution in [1.82, 2.24) is 4.98 Å². The van der Waals surface area contributed by atoms with Gasteiger partial charge in [0.25, 0.3) is 0 Å². The van der Waals surface area contributed by atoms with E-state index in [9.17, 15) is 4.79 Å². The summed E-state index contributed by atoms with van der Waals surface area (Å²) in [5.74, 6) is -0.380. The first-order valence-corrected chi connectivity index (χ1v) is 5.81. The number of nitrogens with zero attached hydrogens (tertiary/aromatic N) is 1. The van der Waals surface area contributed by atoms with Crippen molar-refractivity contribution in [2.24, 2.45) is 0 Å². The van der Waals surface area contributed by atoms with Crippen molar-refractivity contribution in [3.05, 3.63) is 52.8 Å². The number of carbonyl (C=O) groups is 1. The number of benzene rings is 1. The average molecular weight is 262 g/mol. The lowest BCUT2D eigenvalue weighted by atomic mass is 10.0. The Morgan fingerprint density at radius 1 is 1.28 bits per heavy atom. The minimum atomic E-state index is -0.380. The normalized spacial score (nSPS) is 10.2. The SMILES string of the molecule is COC(=O)c1ccc(Cl)c(-c2cccnc2C)c1. The minimum absolute atomic E-state index is 0.380. The van der Waals surface area contributed by atoms with Crippen molar-refractivity contribution < 1.29 is 9.53 Å². The number of aromatic nitrogens is 1. The number of hydrogen-bond acceptors (Lipinski definition) is 3. The minimum Gasteiger partial charge on any atom is -0.465 e. The molecule has 0 bridgehead atoms. The van der Waals surface area contributed by atoms with E-state index in [0.29, 0.717) is 10.6 Å². The van der Waals surface area contributed by atoms with Gasteiger partial charge in [-0.05, 0) is 31.2 Å². The second kappa shape index (κ2) is 5.19. The predicted molar refractivity (Wildman–Crippen MR) is 70.8 cm³/mol. The third-order valence-corrected chi connectivity index (χ3v) is 3.01. The predicted octanol–water partition coefficient (Wildman–Crippen LogP) is 3.50. The van der Waals surface area contributed by atoms with Crippen LogP contribution in [0, 0.1) is 6.92 Å². The molecule has 0 spiro atoms. The third kappa shape index (κ3) is 2.36. The van der Waals surface area contributed by atoms with Crippen LogP contribution in [0.1, 0.15) is 16.1 Å². The largest absolute Gasteiger partial charge is 0.465 e. The zero-order valence-electron chi connectivity index (χ0n) is 10.1. The van der Waals surface area contributed by atoms with Gasteiger partial charge in [-0.15, -0.1) is 0 Å². The van der Waals surface area contributed by atoms with Crippen LogP contribution in [0.2, 0.25) is 5.02 Å². The number of aryl methyl sites for hydroxylation is 1. The molecule has 0 unspecified atom stereocenters. The Kier molecular flexibility index (Phi) is 3.63. The maximum atomic E-state index is 11.5. The van der Waals surface area contributed by atoms with Crippen LogP contribution < -0.4 is 0 Å². The number of rotatable bonds is 2. The van der Waals surface area contributed by atoms with Crippen LogP contribution in [0.3, 0.4) is 0 Å². The lowest BCUT2D eigenvalue weighted by Gasteiger charge is -2.08. The van der Waals surface area contributed by atoms with Gasteiger partial charge in [-0.3, -0.25) is 4.98 Å². The Bertz CT molecular complexity index is 596. The van der Waals surface area contributed by atoms with Gasteiger partial charge in [0, 0.05) is 28.0 Å². The Balaban J connectivity index is 2.57. The summed E-state index contributed by atoms with van der Waals surface area (Å²) in [5, 5.41) is 0.582. The fourth-order valence-corrected chi connectivity index (χ4v) is 1.96. The molecule has 0 saturated heterocycles. The van der Waals surface area contributed by atoms with Gasteiger partial charge in [-0.2, -0.15) is 0 Å². The van der Waals surface area contributed by atoms with E-state index in [4.69, 9.17) is 16.3 Å². The molecule has 0 aliphatic carbocycles. The standard InChI is InChI=1S/C14H12ClNO2/c1-9-11(4-3-7-16-9)12-8-10(14(17)18-2)5-6-13(12)15/h3-8H,1-2H3. The maximum absolute atomic E-state index is 11.5. The summed E-state index contributed by atoms with van der Waals surface area (Å²) < 4.78 is 4.70. The van der Waals surface area contributed by atoms with Gasteiger partial charge in [0.1, 0.15) is 0 Å². The van der Waals surface area contributed by atoms with Crippen LogP contribution in [0.15, 0.2) is 36.5 Å². The van der Waals surface area contributed by atoms with Crippen LogP contribution in [-0.4, -0.2) is 18.1 Å². The molecular weight excluding hydrogens is 250 g/mol. The van der Waals surface area contributed by atoms with E-state index in [0.717, 1.165) is 16.8 Å². The van der Waals surface area contributed by atoms with E-state index in [1.807, 2.05) is 19.1 Å². The molecule has 2 aromatic rings. The van der Waals surface area contributed by atoms with Crippen molar-refractivity contribution >= 4 is 17.6 Å². The third-order valence-electron chi connectivity index (χ3n) is 2.68. The van der Waals surface area contributed by atoms with Gasteiger partial charge in [0.15, 0.2) is 0 Å². The second-order valence-corrected chi connectivity index (χ2v) is 4.23. The number of carbonyl (C=O) groups excluding carboxylic acids is 1. The number of hydrogen-bond donors (Lipinski definition) is 0. The first-order chi connectivity index (χ1) is 8.63. The molecule has 0 atom stereocenters. The van der Waals surface area contributed by atoms with Crippen LogP contribution >= 0.6 is 11.6 Å². The van der Waals surface area contributed by atoms with E-state index in [1.54, 1.807) is 24.4 Å². The van der Waals surface area contributed by atoms with Crippen molar-refractivity contribution in [2.75, 3.05) is 7.11 Å². The average Bonchev–Trinajstić information content (AvgIpc) is 2.39. The highest BCUT2D eigenvalue weighted by atomic mass is 35.5. The fraction of sp³-hybridized carbons (Fsp3) is 0.143. The lowest BCUT2D eigenvalue weighted by molar-refractivity contribution is 0.0601. The summed E-state index contributed by atoms with van der Waals surface area (Å²) in [6.07, 6.45) is 1.72. The molecule has 3 nitrogen and oxygen atoms in total.